The summed E-state index contributed by atoms with van der Waals surface area (Å²) in [6.07, 6.45) is 4.38. The molecular weight excluding hydrogens is 356 g/mol. The molecule has 1 aliphatic rings. The number of nitrogens with one attached hydrogen (secondary N) is 1. The second-order valence-electron chi connectivity index (χ2n) is 4.80. The van der Waals surface area contributed by atoms with E-state index in [1.165, 1.54) is 23.3 Å². The van der Waals surface area contributed by atoms with Crippen LogP contribution in [0.4, 0.5) is 0 Å². The largest absolute Gasteiger partial charge is 0.310 e. The van der Waals surface area contributed by atoms with Gasteiger partial charge in [-0.05, 0) is 64.7 Å². The summed E-state index contributed by atoms with van der Waals surface area (Å²) in [6, 6.07) is 10.7. The fourth-order valence-electron chi connectivity index (χ4n) is 1.88. The van der Waals surface area contributed by atoms with Crippen LogP contribution in [0.3, 0.4) is 0 Å². The first-order valence-electron chi connectivity index (χ1n) is 6.52. The Labute approximate surface area is 136 Å². The van der Waals surface area contributed by atoms with Crippen molar-refractivity contribution in [2.24, 2.45) is 0 Å². The highest BCUT2D eigenvalue weighted by molar-refractivity contribution is 9.10. The SMILES string of the molecule is Clc1ccc(Sc2ncccc2Br)c(CNC2CC2)c1. The van der Waals surface area contributed by atoms with Crippen molar-refractivity contribution in [1.29, 1.82) is 0 Å². The highest BCUT2D eigenvalue weighted by Gasteiger charge is 2.20. The highest BCUT2D eigenvalue weighted by Crippen LogP contribution is 2.35. The molecule has 2 nitrogen and oxygen atoms in total. The average molecular weight is 370 g/mol. The van der Waals surface area contributed by atoms with Crippen LogP contribution in [0.5, 0.6) is 0 Å². The summed E-state index contributed by atoms with van der Waals surface area (Å²) in [5.41, 5.74) is 1.23. The number of hydrogen-bond acceptors (Lipinski definition) is 3. The van der Waals surface area contributed by atoms with Gasteiger partial charge >= 0.3 is 0 Å². The van der Waals surface area contributed by atoms with Crippen LogP contribution in [0, 0.1) is 0 Å². The van der Waals surface area contributed by atoms with Gasteiger partial charge in [0.15, 0.2) is 0 Å². The van der Waals surface area contributed by atoms with E-state index in [9.17, 15) is 0 Å². The monoisotopic (exact) mass is 368 g/mol. The Kier molecular flexibility index (Phi) is 4.66. The quantitative estimate of drug-likeness (QED) is 0.811. The Balaban J connectivity index is 1.82. The lowest BCUT2D eigenvalue weighted by atomic mass is 10.2. The maximum atomic E-state index is 6.12. The molecule has 2 aromatic rings. The maximum Gasteiger partial charge on any atom is 0.115 e. The van der Waals surface area contributed by atoms with Gasteiger partial charge in [-0.1, -0.05) is 23.4 Å². The van der Waals surface area contributed by atoms with Gasteiger partial charge in [-0.3, -0.25) is 0 Å². The van der Waals surface area contributed by atoms with E-state index in [2.05, 4.69) is 32.3 Å². The van der Waals surface area contributed by atoms with Gasteiger partial charge in [-0.2, -0.15) is 0 Å². The average Bonchev–Trinajstić information content (AvgIpc) is 3.25. The molecule has 0 unspecified atom stereocenters. The fourth-order valence-corrected chi connectivity index (χ4v) is 3.46. The minimum absolute atomic E-state index is 0.688. The summed E-state index contributed by atoms with van der Waals surface area (Å²) in [5, 5.41) is 5.29. The lowest BCUT2D eigenvalue weighted by molar-refractivity contribution is 0.680. The zero-order valence-electron chi connectivity index (χ0n) is 10.8. The normalized spacial score (nSPS) is 14.5. The molecule has 1 saturated carbocycles. The predicted octanol–water partition coefficient (Wildman–Crippen LogP) is 4.90. The van der Waals surface area contributed by atoms with E-state index in [1.807, 2.05) is 30.5 Å². The molecule has 104 valence electrons. The van der Waals surface area contributed by atoms with Gasteiger partial charge in [-0.25, -0.2) is 4.98 Å². The summed E-state index contributed by atoms with van der Waals surface area (Å²) in [6.45, 7) is 0.859. The Morgan fingerprint density at radius 3 is 2.95 bits per heavy atom. The third-order valence-electron chi connectivity index (χ3n) is 3.11. The summed E-state index contributed by atoms with van der Waals surface area (Å²) in [4.78, 5) is 5.60. The zero-order chi connectivity index (χ0) is 13.9. The van der Waals surface area contributed by atoms with Crippen LogP contribution >= 0.6 is 39.3 Å². The maximum absolute atomic E-state index is 6.12. The fraction of sp³-hybridized carbons (Fsp3) is 0.267. The zero-order valence-corrected chi connectivity index (χ0v) is 13.9. The van der Waals surface area contributed by atoms with Crippen molar-refractivity contribution in [2.75, 3.05) is 0 Å². The minimum Gasteiger partial charge on any atom is -0.310 e. The topological polar surface area (TPSA) is 24.9 Å². The minimum atomic E-state index is 0.688. The summed E-state index contributed by atoms with van der Waals surface area (Å²) >= 11 is 11.3. The lowest BCUT2D eigenvalue weighted by Gasteiger charge is -2.11. The van der Waals surface area contributed by atoms with Gasteiger partial charge in [0.1, 0.15) is 5.03 Å². The molecule has 0 saturated heterocycles. The first-order valence-corrected chi connectivity index (χ1v) is 8.51. The molecule has 1 N–H and O–H groups in total. The van der Waals surface area contributed by atoms with Crippen LogP contribution in [0.1, 0.15) is 18.4 Å². The molecule has 1 fully saturated rings. The Hall–Kier alpha value is -0.550. The lowest BCUT2D eigenvalue weighted by Crippen LogP contribution is -2.15. The van der Waals surface area contributed by atoms with Crippen LogP contribution in [0.15, 0.2) is 50.9 Å². The number of aromatic nitrogens is 1. The van der Waals surface area contributed by atoms with Gasteiger partial charge < -0.3 is 5.32 Å². The first-order chi connectivity index (χ1) is 9.72. The van der Waals surface area contributed by atoms with E-state index in [-0.39, 0.29) is 0 Å². The van der Waals surface area contributed by atoms with Crippen molar-refractivity contribution >= 4 is 39.3 Å². The van der Waals surface area contributed by atoms with Crippen LogP contribution in [-0.4, -0.2) is 11.0 Å². The van der Waals surface area contributed by atoms with Crippen molar-refractivity contribution in [3.8, 4) is 0 Å². The molecule has 1 aliphatic carbocycles. The second-order valence-corrected chi connectivity index (χ2v) is 7.12. The molecule has 0 spiro atoms. The molecule has 0 atom stereocenters. The summed E-state index contributed by atoms with van der Waals surface area (Å²) < 4.78 is 1.01. The molecule has 0 amide bonds. The summed E-state index contributed by atoms with van der Waals surface area (Å²) in [7, 11) is 0. The van der Waals surface area contributed by atoms with Crippen LogP contribution < -0.4 is 5.32 Å². The summed E-state index contributed by atoms with van der Waals surface area (Å²) in [5.74, 6) is 0. The van der Waals surface area contributed by atoms with E-state index in [0.717, 1.165) is 21.1 Å². The van der Waals surface area contributed by atoms with Gasteiger partial charge in [0.05, 0.1) is 4.47 Å². The van der Waals surface area contributed by atoms with Gasteiger partial charge in [-0.15, -0.1) is 0 Å². The third-order valence-corrected chi connectivity index (χ3v) is 5.39. The van der Waals surface area contributed by atoms with E-state index in [1.54, 1.807) is 11.8 Å². The smallest absolute Gasteiger partial charge is 0.115 e. The molecule has 0 bridgehead atoms. The molecule has 20 heavy (non-hydrogen) atoms. The number of hydrogen-bond donors (Lipinski definition) is 1. The number of benzene rings is 1. The first kappa shape index (κ1) is 14.4. The van der Waals surface area contributed by atoms with E-state index in [4.69, 9.17) is 11.6 Å². The van der Waals surface area contributed by atoms with Gasteiger partial charge in [0, 0.05) is 28.7 Å². The van der Waals surface area contributed by atoms with Crippen molar-refractivity contribution in [2.45, 2.75) is 35.3 Å². The number of nitrogens with zero attached hydrogens (tertiary/aromatic N) is 1. The third kappa shape index (κ3) is 3.76. The molecule has 1 aromatic heterocycles. The Morgan fingerprint density at radius 1 is 1.35 bits per heavy atom. The van der Waals surface area contributed by atoms with Gasteiger partial charge in [0.2, 0.25) is 0 Å². The van der Waals surface area contributed by atoms with Crippen LogP contribution in [0.2, 0.25) is 5.02 Å². The Morgan fingerprint density at radius 2 is 2.20 bits per heavy atom. The van der Waals surface area contributed by atoms with E-state index >= 15 is 0 Å². The number of rotatable bonds is 5. The molecule has 1 heterocycles. The second kappa shape index (κ2) is 6.48. The molecule has 0 radical (unpaired) electrons. The van der Waals surface area contributed by atoms with Crippen molar-refractivity contribution in [3.63, 3.8) is 0 Å². The molecular formula is C15H14BrClN2S. The van der Waals surface area contributed by atoms with E-state index < -0.39 is 0 Å². The molecule has 1 aromatic carbocycles. The van der Waals surface area contributed by atoms with Crippen molar-refractivity contribution < 1.29 is 0 Å². The molecule has 5 heteroatoms. The molecule has 3 rings (SSSR count). The number of halogens is 2. The van der Waals surface area contributed by atoms with Crippen molar-refractivity contribution in [1.82, 2.24) is 10.3 Å². The highest BCUT2D eigenvalue weighted by atomic mass is 79.9. The standard InChI is InChI=1S/C15H14BrClN2S/c16-13-2-1-7-18-15(13)20-14-6-3-11(17)8-10(14)9-19-12-4-5-12/h1-3,6-8,12,19H,4-5,9H2. The van der Waals surface area contributed by atoms with Crippen LogP contribution in [0.25, 0.3) is 0 Å². The van der Waals surface area contributed by atoms with Crippen LogP contribution in [-0.2, 0) is 6.54 Å². The van der Waals surface area contributed by atoms with E-state index in [0.29, 0.717) is 6.04 Å². The predicted molar refractivity (Wildman–Crippen MR) is 87.4 cm³/mol. The van der Waals surface area contributed by atoms with Crippen molar-refractivity contribution in [3.05, 3.63) is 51.6 Å². The number of pyridine rings is 1. The van der Waals surface area contributed by atoms with Gasteiger partial charge in [0.25, 0.3) is 0 Å². The molecule has 0 aliphatic heterocycles. The Bertz CT molecular complexity index is 617.